The van der Waals surface area contributed by atoms with E-state index >= 15 is 0 Å². The molecule has 2 fully saturated rings. The Balaban J connectivity index is 1.38. The first kappa shape index (κ1) is 29.2. The number of alkyl halides is 4. The Hall–Kier alpha value is -4.25. The Kier molecular flexibility index (Phi) is 8.31. The van der Waals surface area contributed by atoms with E-state index in [9.17, 15) is 27.2 Å². The highest BCUT2D eigenvalue weighted by Crippen LogP contribution is 2.31. The highest BCUT2D eigenvalue weighted by atomic mass is 19.4. The number of carbonyl (C=O) groups excluding carboxylic acids is 2. The molecule has 226 valence electrons. The van der Waals surface area contributed by atoms with E-state index in [1.807, 2.05) is 6.07 Å². The molecule has 2 saturated heterocycles. The molecular weight excluding hydrogens is 568 g/mol. The number of rotatable bonds is 7. The monoisotopic (exact) mass is 596 g/mol. The number of halogens is 4. The van der Waals surface area contributed by atoms with Crippen LogP contribution in [0, 0.1) is 0 Å². The Bertz CT molecular complexity index is 1460. The van der Waals surface area contributed by atoms with Gasteiger partial charge in [-0.2, -0.15) is 18.3 Å². The summed E-state index contributed by atoms with van der Waals surface area (Å²) in [6.07, 6.45) is -5.00. The summed E-state index contributed by atoms with van der Waals surface area (Å²) in [4.78, 5) is 36.6. The predicted molar refractivity (Wildman–Crippen MR) is 138 cm³/mol. The van der Waals surface area contributed by atoms with Crippen molar-refractivity contribution in [2.45, 2.75) is 24.9 Å². The van der Waals surface area contributed by atoms with Crippen molar-refractivity contribution in [3.63, 3.8) is 0 Å². The van der Waals surface area contributed by atoms with Crippen LogP contribution in [0.25, 0.3) is 16.8 Å². The van der Waals surface area contributed by atoms with E-state index in [4.69, 9.17) is 15.2 Å². The molecular formula is C25H28F4N8O5. The SMILES string of the molecule is COc1ncc(-c2cc(CN3CCOCC3)c3c(N)ncnn23)cc1C(=O)NC1CN(C(=O)OCC(F)(F)F)CC1F. The first-order valence-corrected chi connectivity index (χ1v) is 12.9. The van der Waals surface area contributed by atoms with E-state index in [1.165, 1.54) is 25.7 Å². The molecule has 3 aromatic rings. The van der Waals surface area contributed by atoms with Gasteiger partial charge in [0.15, 0.2) is 12.4 Å². The van der Waals surface area contributed by atoms with Gasteiger partial charge in [0, 0.05) is 37.9 Å². The number of morpholine rings is 1. The molecule has 0 aromatic carbocycles. The number of likely N-dealkylation sites (tertiary alicyclic amines) is 1. The summed E-state index contributed by atoms with van der Waals surface area (Å²) in [7, 11) is 1.31. The standard InChI is InChI=1S/C25H28F4N8O5/c1-40-23-16(22(38)34-18-11-36(10-17(18)26)24(39)42-12-25(27,28)29)6-14(8-31-23)19-7-15(9-35-2-4-41-5-3-35)20-21(30)32-13-33-37(19)20/h6-8,13,17-18H,2-5,9-12H2,1H3,(H,34,38)(H2,30,32,33). The molecule has 13 nitrogen and oxygen atoms in total. The molecule has 5 heterocycles. The lowest BCUT2D eigenvalue weighted by atomic mass is 10.1. The zero-order valence-corrected chi connectivity index (χ0v) is 22.4. The molecule has 2 atom stereocenters. The fourth-order valence-electron chi connectivity index (χ4n) is 4.92. The summed E-state index contributed by atoms with van der Waals surface area (Å²) in [6, 6.07) is 2.17. The molecule has 2 amide bonds. The van der Waals surface area contributed by atoms with Gasteiger partial charge in [-0.1, -0.05) is 0 Å². The van der Waals surface area contributed by atoms with Crippen LogP contribution in [-0.2, 0) is 16.0 Å². The molecule has 2 unspecified atom stereocenters. The molecule has 17 heteroatoms. The van der Waals surface area contributed by atoms with Crippen molar-refractivity contribution < 1.29 is 41.4 Å². The van der Waals surface area contributed by atoms with Crippen LogP contribution in [0.15, 0.2) is 24.7 Å². The van der Waals surface area contributed by atoms with Gasteiger partial charge in [-0.3, -0.25) is 9.69 Å². The summed E-state index contributed by atoms with van der Waals surface area (Å²) >= 11 is 0. The quantitative estimate of drug-likeness (QED) is 0.386. The number of nitrogens with two attached hydrogens (primary N) is 1. The number of nitrogen functional groups attached to an aromatic ring is 1. The average Bonchev–Trinajstić information content (AvgIpc) is 3.52. The lowest BCUT2D eigenvalue weighted by Crippen LogP contribution is -2.42. The predicted octanol–water partition coefficient (Wildman–Crippen LogP) is 1.67. The number of pyridine rings is 1. The molecule has 3 aromatic heterocycles. The van der Waals surface area contributed by atoms with Crippen molar-refractivity contribution in [3.8, 4) is 17.1 Å². The first-order chi connectivity index (χ1) is 20.0. The van der Waals surface area contributed by atoms with Gasteiger partial charge >= 0.3 is 12.3 Å². The summed E-state index contributed by atoms with van der Waals surface area (Å²) in [6.45, 7) is 0.529. The van der Waals surface area contributed by atoms with Gasteiger partial charge in [0.25, 0.3) is 5.91 Å². The van der Waals surface area contributed by atoms with Gasteiger partial charge in [0.2, 0.25) is 5.88 Å². The minimum absolute atomic E-state index is 0.0352. The number of methoxy groups -OCH3 is 1. The van der Waals surface area contributed by atoms with Gasteiger partial charge in [-0.15, -0.1) is 0 Å². The topological polar surface area (TPSA) is 149 Å². The number of nitrogens with zero attached hydrogens (tertiary/aromatic N) is 6. The normalized spacial score (nSPS) is 19.7. The number of nitrogens with one attached hydrogen (secondary N) is 1. The van der Waals surface area contributed by atoms with Crippen LogP contribution in [0.2, 0.25) is 0 Å². The van der Waals surface area contributed by atoms with Crippen molar-refractivity contribution in [1.82, 2.24) is 34.7 Å². The minimum Gasteiger partial charge on any atom is -0.480 e. The largest absolute Gasteiger partial charge is 0.480 e. The first-order valence-electron chi connectivity index (χ1n) is 12.9. The number of hydrogen-bond donors (Lipinski definition) is 2. The summed E-state index contributed by atoms with van der Waals surface area (Å²) in [5.74, 6) is -0.537. The maximum atomic E-state index is 14.7. The smallest absolute Gasteiger partial charge is 0.422 e. The molecule has 3 N–H and O–H groups in total. The van der Waals surface area contributed by atoms with Crippen LogP contribution in [0.4, 0.5) is 28.2 Å². The van der Waals surface area contributed by atoms with Crippen LogP contribution >= 0.6 is 0 Å². The van der Waals surface area contributed by atoms with Gasteiger partial charge in [0.1, 0.15) is 23.6 Å². The number of hydrogen-bond acceptors (Lipinski definition) is 10. The van der Waals surface area contributed by atoms with Crippen molar-refractivity contribution >= 4 is 23.3 Å². The van der Waals surface area contributed by atoms with Crippen LogP contribution in [0.5, 0.6) is 5.88 Å². The lowest BCUT2D eigenvalue weighted by Gasteiger charge is -2.26. The number of anilines is 1. The molecule has 42 heavy (non-hydrogen) atoms. The molecule has 2 aliphatic heterocycles. The number of carbonyl (C=O) groups is 2. The second-order valence-corrected chi connectivity index (χ2v) is 9.80. The van der Waals surface area contributed by atoms with E-state index in [1.54, 1.807) is 4.52 Å². The molecule has 0 radical (unpaired) electrons. The maximum absolute atomic E-state index is 14.7. The fourth-order valence-corrected chi connectivity index (χ4v) is 4.92. The molecule has 5 rings (SSSR count). The van der Waals surface area contributed by atoms with Crippen LogP contribution in [-0.4, -0.2) is 113 Å². The van der Waals surface area contributed by atoms with Gasteiger partial charge in [0.05, 0.1) is 38.6 Å². The molecule has 2 aliphatic rings. The van der Waals surface area contributed by atoms with Gasteiger partial charge < -0.3 is 30.2 Å². The van der Waals surface area contributed by atoms with E-state index in [0.29, 0.717) is 36.5 Å². The van der Waals surface area contributed by atoms with Crippen molar-refractivity contribution in [2.24, 2.45) is 0 Å². The third-order valence-corrected chi connectivity index (χ3v) is 6.93. The number of fused-ring (bicyclic) bond motifs is 1. The van der Waals surface area contributed by atoms with Crippen molar-refractivity contribution in [1.29, 1.82) is 0 Å². The average molecular weight is 597 g/mol. The fraction of sp³-hybridized carbons (Fsp3) is 0.480. The third kappa shape index (κ3) is 6.30. The highest BCUT2D eigenvalue weighted by molar-refractivity contribution is 5.98. The second-order valence-electron chi connectivity index (χ2n) is 9.80. The molecule has 0 aliphatic carbocycles. The Morgan fingerprint density at radius 3 is 2.67 bits per heavy atom. The van der Waals surface area contributed by atoms with Crippen LogP contribution in [0.1, 0.15) is 15.9 Å². The van der Waals surface area contributed by atoms with Crippen LogP contribution < -0.4 is 15.8 Å². The van der Waals surface area contributed by atoms with Gasteiger partial charge in [-0.05, 0) is 17.7 Å². The van der Waals surface area contributed by atoms with E-state index in [-0.39, 0.29) is 23.8 Å². The number of ether oxygens (including phenoxy) is 3. The van der Waals surface area contributed by atoms with Gasteiger partial charge in [-0.25, -0.2) is 23.7 Å². The van der Waals surface area contributed by atoms with Crippen molar-refractivity contribution in [2.75, 3.05) is 58.8 Å². The van der Waals surface area contributed by atoms with E-state index in [2.05, 4.69) is 30.0 Å². The minimum atomic E-state index is -4.72. The van der Waals surface area contributed by atoms with E-state index < -0.39 is 43.5 Å². The summed E-state index contributed by atoms with van der Waals surface area (Å²) < 4.78 is 68.4. The molecule has 0 saturated carbocycles. The Morgan fingerprint density at radius 1 is 1.19 bits per heavy atom. The Labute approximate surface area is 236 Å². The summed E-state index contributed by atoms with van der Waals surface area (Å²) in [5, 5.41) is 6.84. The summed E-state index contributed by atoms with van der Waals surface area (Å²) in [5.41, 5.74) is 8.67. The Morgan fingerprint density at radius 2 is 1.95 bits per heavy atom. The van der Waals surface area contributed by atoms with E-state index in [0.717, 1.165) is 23.6 Å². The number of amides is 2. The molecule has 0 bridgehead atoms. The lowest BCUT2D eigenvalue weighted by molar-refractivity contribution is -0.162. The zero-order valence-electron chi connectivity index (χ0n) is 22.4. The third-order valence-electron chi connectivity index (χ3n) is 6.93. The van der Waals surface area contributed by atoms with Crippen LogP contribution in [0.3, 0.4) is 0 Å². The highest BCUT2D eigenvalue weighted by Gasteiger charge is 2.39. The zero-order chi connectivity index (χ0) is 30.0. The van der Waals surface area contributed by atoms with Crippen molar-refractivity contribution in [3.05, 3.63) is 35.8 Å². The second kappa shape index (κ2) is 11.9. The maximum Gasteiger partial charge on any atom is 0.422 e. The number of aromatic nitrogens is 4. The molecule has 0 spiro atoms.